The van der Waals surface area contributed by atoms with Crippen LogP contribution in [-0.4, -0.2) is 24.7 Å². The molecule has 2 aromatic heterocycles. The van der Waals surface area contributed by atoms with Crippen molar-refractivity contribution in [3.63, 3.8) is 0 Å². The number of aromatic amines is 1. The van der Waals surface area contributed by atoms with Gasteiger partial charge in [-0.2, -0.15) is 4.98 Å². The Labute approximate surface area is 111 Å². The molecule has 0 aromatic carbocycles. The van der Waals surface area contributed by atoms with E-state index >= 15 is 0 Å². The van der Waals surface area contributed by atoms with Crippen molar-refractivity contribution in [1.82, 2.24) is 24.7 Å². The van der Waals surface area contributed by atoms with Gasteiger partial charge in [-0.3, -0.25) is 24.8 Å². The van der Waals surface area contributed by atoms with E-state index in [9.17, 15) is 9.59 Å². The topological polar surface area (TPSA) is 132 Å². The third-order valence-corrected chi connectivity index (χ3v) is 3.34. The van der Waals surface area contributed by atoms with E-state index in [1.165, 1.54) is 4.68 Å². The second-order valence-corrected chi connectivity index (χ2v) is 4.58. The summed E-state index contributed by atoms with van der Waals surface area (Å²) in [4.78, 5) is 34.1. The number of rotatable bonds is 3. The summed E-state index contributed by atoms with van der Waals surface area (Å²) in [5.74, 6) is 5.49. The zero-order chi connectivity index (χ0) is 14.0. The molecule has 0 saturated heterocycles. The maximum absolute atomic E-state index is 11.2. The molecule has 100 valence electrons. The minimum atomic E-state index is -0.843. The summed E-state index contributed by atoms with van der Waals surface area (Å²) in [6, 6.07) is 0. The van der Waals surface area contributed by atoms with E-state index in [1.54, 1.807) is 13.2 Å². The maximum Gasteiger partial charge on any atom is 0.339 e. The maximum atomic E-state index is 11.2. The summed E-state index contributed by atoms with van der Waals surface area (Å²) in [5, 5.41) is 3.25. The molecule has 0 fully saturated rings. The van der Waals surface area contributed by atoms with Gasteiger partial charge in [0.05, 0.1) is 0 Å². The SMILES string of the molecule is Cc1cnc(NN)nc1Sc1nc(=O)c(=O)[nH]n1C. The average Bonchev–Trinajstić information content (AvgIpc) is 2.38. The molecule has 2 aromatic rings. The molecular weight excluding hydrogens is 270 g/mol. The minimum Gasteiger partial charge on any atom is -0.292 e. The molecule has 0 aliphatic heterocycles. The molecule has 0 unspecified atom stereocenters. The molecule has 0 aliphatic carbocycles. The Bertz CT molecular complexity index is 723. The Morgan fingerprint density at radius 1 is 1.42 bits per heavy atom. The largest absolute Gasteiger partial charge is 0.339 e. The van der Waals surface area contributed by atoms with Crippen molar-refractivity contribution in [2.75, 3.05) is 5.43 Å². The fourth-order valence-corrected chi connectivity index (χ4v) is 2.07. The van der Waals surface area contributed by atoms with Gasteiger partial charge in [0, 0.05) is 18.8 Å². The molecule has 0 radical (unpaired) electrons. The van der Waals surface area contributed by atoms with Gasteiger partial charge < -0.3 is 0 Å². The highest BCUT2D eigenvalue weighted by Crippen LogP contribution is 2.25. The Hall–Kier alpha value is -2.20. The van der Waals surface area contributed by atoms with Crippen molar-refractivity contribution in [3.8, 4) is 0 Å². The van der Waals surface area contributed by atoms with Crippen molar-refractivity contribution in [2.45, 2.75) is 17.1 Å². The van der Waals surface area contributed by atoms with Gasteiger partial charge in [0.25, 0.3) is 0 Å². The summed E-state index contributed by atoms with van der Waals surface area (Å²) in [7, 11) is 1.58. The van der Waals surface area contributed by atoms with Crippen LogP contribution in [0.5, 0.6) is 0 Å². The van der Waals surface area contributed by atoms with Crippen molar-refractivity contribution >= 4 is 17.7 Å². The van der Waals surface area contributed by atoms with E-state index in [-0.39, 0.29) is 5.95 Å². The lowest BCUT2D eigenvalue weighted by atomic mass is 10.4. The first-order valence-electron chi connectivity index (χ1n) is 5.16. The lowest BCUT2D eigenvalue weighted by molar-refractivity contribution is 0.596. The fourth-order valence-electron chi connectivity index (χ4n) is 1.24. The Kier molecular flexibility index (Phi) is 3.62. The highest BCUT2D eigenvalue weighted by molar-refractivity contribution is 7.99. The van der Waals surface area contributed by atoms with Crippen LogP contribution >= 0.6 is 11.8 Å². The third-order valence-electron chi connectivity index (χ3n) is 2.19. The van der Waals surface area contributed by atoms with Crippen molar-refractivity contribution in [2.24, 2.45) is 12.9 Å². The van der Waals surface area contributed by atoms with Gasteiger partial charge in [0.1, 0.15) is 5.03 Å². The molecule has 2 heterocycles. The molecule has 0 spiro atoms. The second-order valence-electron chi connectivity index (χ2n) is 3.63. The summed E-state index contributed by atoms with van der Waals surface area (Å²) < 4.78 is 1.35. The number of hydrogen-bond acceptors (Lipinski definition) is 8. The van der Waals surface area contributed by atoms with Crippen molar-refractivity contribution in [3.05, 3.63) is 32.5 Å². The molecular formula is C9H11N7O2S. The van der Waals surface area contributed by atoms with E-state index in [4.69, 9.17) is 5.84 Å². The Morgan fingerprint density at radius 3 is 2.84 bits per heavy atom. The van der Waals surface area contributed by atoms with Crippen LogP contribution < -0.4 is 22.4 Å². The van der Waals surface area contributed by atoms with Gasteiger partial charge in [0.2, 0.25) is 5.95 Å². The van der Waals surface area contributed by atoms with Crippen LogP contribution in [-0.2, 0) is 7.05 Å². The Balaban J connectivity index is 2.44. The first-order valence-corrected chi connectivity index (χ1v) is 5.98. The van der Waals surface area contributed by atoms with Gasteiger partial charge in [-0.15, -0.1) is 0 Å². The number of nitrogens with zero attached hydrogens (tertiary/aromatic N) is 4. The number of hydrazine groups is 1. The monoisotopic (exact) mass is 281 g/mol. The quantitative estimate of drug-likeness (QED) is 0.282. The van der Waals surface area contributed by atoms with Crippen LogP contribution in [0.15, 0.2) is 26.0 Å². The summed E-state index contributed by atoms with van der Waals surface area (Å²) in [6.07, 6.45) is 1.59. The van der Waals surface area contributed by atoms with Gasteiger partial charge >= 0.3 is 11.1 Å². The van der Waals surface area contributed by atoms with Crippen molar-refractivity contribution in [1.29, 1.82) is 0 Å². The zero-order valence-electron chi connectivity index (χ0n) is 10.2. The molecule has 19 heavy (non-hydrogen) atoms. The number of nitrogens with one attached hydrogen (secondary N) is 2. The number of nitrogens with two attached hydrogens (primary N) is 1. The first kappa shape index (κ1) is 13.2. The predicted octanol–water partition coefficient (Wildman–Crippen LogP) is -0.996. The number of nitrogen functional groups attached to an aromatic ring is 1. The van der Waals surface area contributed by atoms with E-state index < -0.39 is 11.1 Å². The summed E-state index contributed by atoms with van der Waals surface area (Å²) >= 11 is 1.13. The lowest BCUT2D eigenvalue weighted by Crippen LogP contribution is -2.33. The van der Waals surface area contributed by atoms with E-state index in [1.807, 2.05) is 6.92 Å². The number of H-pyrrole nitrogens is 1. The second kappa shape index (κ2) is 5.20. The summed E-state index contributed by atoms with van der Waals surface area (Å²) in [6.45, 7) is 1.81. The predicted molar refractivity (Wildman–Crippen MR) is 68.8 cm³/mol. The number of hydrogen-bond donors (Lipinski definition) is 3. The fraction of sp³-hybridized carbons (Fsp3) is 0.222. The van der Waals surface area contributed by atoms with Crippen LogP contribution in [0, 0.1) is 6.92 Å². The standard InChI is InChI=1S/C9H11N7O2S/c1-4-3-11-8(14-10)13-7(4)19-9-12-5(17)6(18)15-16(9)2/h3H,10H2,1-2H3,(H,15,18)(H,11,13,14). The Morgan fingerprint density at radius 2 is 2.16 bits per heavy atom. The molecule has 0 amide bonds. The number of aromatic nitrogens is 5. The molecule has 4 N–H and O–H groups in total. The molecule has 0 bridgehead atoms. The normalized spacial score (nSPS) is 10.5. The van der Waals surface area contributed by atoms with E-state index in [0.29, 0.717) is 10.2 Å². The minimum absolute atomic E-state index is 0.252. The van der Waals surface area contributed by atoms with Crippen LogP contribution in [0.1, 0.15) is 5.56 Å². The molecule has 9 nitrogen and oxygen atoms in total. The number of aryl methyl sites for hydroxylation is 2. The van der Waals surface area contributed by atoms with Gasteiger partial charge in [-0.05, 0) is 18.7 Å². The molecule has 0 saturated carbocycles. The molecule has 0 atom stereocenters. The third kappa shape index (κ3) is 2.80. The smallest absolute Gasteiger partial charge is 0.292 e. The first-order chi connectivity index (χ1) is 9.01. The van der Waals surface area contributed by atoms with Crippen LogP contribution in [0.25, 0.3) is 0 Å². The molecule has 10 heteroatoms. The lowest BCUT2D eigenvalue weighted by Gasteiger charge is -2.08. The highest BCUT2D eigenvalue weighted by Gasteiger charge is 2.10. The average molecular weight is 281 g/mol. The van der Waals surface area contributed by atoms with E-state index in [2.05, 4.69) is 25.5 Å². The van der Waals surface area contributed by atoms with Gasteiger partial charge in [-0.25, -0.2) is 15.8 Å². The zero-order valence-corrected chi connectivity index (χ0v) is 11.0. The van der Waals surface area contributed by atoms with Gasteiger partial charge in [-0.1, -0.05) is 0 Å². The molecule has 2 rings (SSSR count). The van der Waals surface area contributed by atoms with Gasteiger partial charge in [0.15, 0.2) is 5.16 Å². The van der Waals surface area contributed by atoms with Crippen LogP contribution in [0.2, 0.25) is 0 Å². The number of anilines is 1. The highest BCUT2D eigenvalue weighted by atomic mass is 32.2. The van der Waals surface area contributed by atoms with Crippen LogP contribution in [0.3, 0.4) is 0 Å². The summed E-state index contributed by atoms with van der Waals surface area (Å²) in [5.41, 5.74) is 1.52. The van der Waals surface area contributed by atoms with Crippen molar-refractivity contribution < 1.29 is 0 Å². The van der Waals surface area contributed by atoms with E-state index in [0.717, 1.165) is 17.3 Å². The van der Waals surface area contributed by atoms with Crippen LogP contribution in [0.4, 0.5) is 5.95 Å². The molecule has 0 aliphatic rings.